The molecule has 0 aliphatic carbocycles. The summed E-state index contributed by atoms with van der Waals surface area (Å²) in [4.78, 5) is 8.64. The predicted octanol–water partition coefficient (Wildman–Crippen LogP) is 4.46. The third kappa shape index (κ3) is 7.22. The molecule has 2 atom stereocenters. The average molecular weight is 563 g/mol. The second-order valence-electron chi connectivity index (χ2n) is 9.40. The summed E-state index contributed by atoms with van der Waals surface area (Å²) in [5, 5.41) is 4.25. The van der Waals surface area contributed by atoms with Crippen LogP contribution in [0.1, 0.15) is 60.6 Å². The number of imidazole rings is 1. The van der Waals surface area contributed by atoms with E-state index >= 15 is 0 Å². The Kier molecular flexibility index (Phi) is 8.72. The van der Waals surface area contributed by atoms with Crippen LogP contribution in [-0.4, -0.2) is 48.1 Å². The van der Waals surface area contributed by atoms with Crippen LogP contribution in [0.5, 0.6) is 0 Å². The molecule has 208 valence electrons. The Morgan fingerprint density at radius 2 is 1.88 bits per heavy atom. The van der Waals surface area contributed by atoms with Crippen LogP contribution in [0.2, 0.25) is 0 Å². The van der Waals surface area contributed by atoms with Crippen molar-refractivity contribution in [3.63, 3.8) is 0 Å². The molecule has 0 bridgehead atoms. The molecule has 4 aromatic rings. The highest BCUT2D eigenvalue weighted by atomic mass is 32.2. The highest BCUT2D eigenvalue weighted by molar-refractivity contribution is 7.85. The van der Waals surface area contributed by atoms with Gasteiger partial charge in [-0.25, -0.2) is 4.98 Å². The summed E-state index contributed by atoms with van der Waals surface area (Å²) in [6.45, 7) is 3.22. The Balaban J connectivity index is 1.20. The normalized spacial score (nSPS) is 16.3. The lowest BCUT2D eigenvalue weighted by Gasteiger charge is -2.26. The number of aromatic nitrogens is 4. The second kappa shape index (κ2) is 12.6. The highest BCUT2D eigenvalue weighted by Crippen LogP contribution is 2.25. The van der Waals surface area contributed by atoms with E-state index in [2.05, 4.69) is 31.1 Å². The SMILES string of the molecule is COS(=O)(=O)Cc1ccc(C#Cc2ccc(-c3cc(Cn4ccnc4[C@H](C)OC4CCCCO4)no3)cc2)cn1. The molecule has 5 rings (SSSR count). The topological polar surface area (TPSA) is 119 Å². The minimum absolute atomic E-state index is 0.190. The minimum Gasteiger partial charge on any atom is -0.356 e. The van der Waals surface area contributed by atoms with Gasteiger partial charge in [0.15, 0.2) is 12.1 Å². The molecule has 3 aromatic heterocycles. The second-order valence-corrected chi connectivity index (χ2v) is 11.1. The van der Waals surface area contributed by atoms with E-state index < -0.39 is 10.1 Å². The molecule has 1 fully saturated rings. The Morgan fingerprint density at radius 1 is 1.07 bits per heavy atom. The monoisotopic (exact) mass is 562 g/mol. The molecule has 1 unspecified atom stereocenters. The lowest BCUT2D eigenvalue weighted by atomic mass is 10.1. The van der Waals surface area contributed by atoms with E-state index in [0.717, 1.165) is 55.6 Å². The molecular weight excluding hydrogens is 532 g/mol. The van der Waals surface area contributed by atoms with Crippen LogP contribution in [0.4, 0.5) is 0 Å². The van der Waals surface area contributed by atoms with Gasteiger partial charge in [-0.2, -0.15) is 8.42 Å². The fourth-order valence-electron chi connectivity index (χ4n) is 4.30. The first kappa shape index (κ1) is 27.7. The van der Waals surface area contributed by atoms with Gasteiger partial charge in [0, 0.05) is 48.0 Å². The maximum atomic E-state index is 11.6. The van der Waals surface area contributed by atoms with Gasteiger partial charge in [0.05, 0.1) is 19.3 Å². The van der Waals surface area contributed by atoms with Gasteiger partial charge < -0.3 is 18.6 Å². The van der Waals surface area contributed by atoms with E-state index in [9.17, 15) is 8.42 Å². The number of rotatable bonds is 9. The molecule has 1 saturated heterocycles. The van der Waals surface area contributed by atoms with Crippen LogP contribution < -0.4 is 0 Å². The summed E-state index contributed by atoms with van der Waals surface area (Å²) in [6.07, 6.45) is 7.89. The van der Waals surface area contributed by atoms with Crippen LogP contribution in [0, 0.1) is 11.8 Å². The summed E-state index contributed by atoms with van der Waals surface area (Å²) >= 11 is 0. The van der Waals surface area contributed by atoms with Gasteiger partial charge in [-0.15, -0.1) is 0 Å². The van der Waals surface area contributed by atoms with Crippen molar-refractivity contribution in [1.29, 1.82) is 0 Å². The number of benzene rings is 1. The van der Waals surface area contributed by atoms with Crippen molar-refractivity contribution in [3.8, 4) is 23.2 Å². The van der Waals surface area contributed by atoms with E-state index in [1.54, 1.807) is 24.5 Å². The molecule has 11 heteroatoms. The molecule has 0 amide bonds. The number of nitrogens with zero attached hydrogens (tertiary/aromatic N) is 4. The van der Waals surface area contributed by atoms with Crippen molar-refractivity contribution in [3.05, 3.63) is 89.4 Å². The molecule has 4 heterocycles. The van der Waals surface area contributed by atoms with E-state index in [-0.39, 0.29) is 18.1 Å². The van der Waals surface area contributed by atoms with Crippen molar-refractivity contribution in [2.24, 2.45) is 0 Å². The summed E-state index contributed by atoms with van der Waals surface area (Å²) in [5.41, 5.74) is 3.53. The molecule has 40 heavy (non-hydrogen) atoms. The fourth-order valence-corrected chi connectivity index (χ4v) is 4.95. The zero-order valence-electron chi connectivity index (χ0n) is 22.3. The number of hydrogen-bond donors (Lipinski definition) is 0. The highest BCUT2D eigenvalue weighted by Gasteiger charge is 2.21. The average Bonchev–Trinajstić information content (AvgIpc) is 3.64. The van der Waals surface area contributed by atoms with Crippen molar-refractivity contribution >= 4 is 10.1 Å². The van der Waals surface area contributed by atoms with Gasteiger partial charge in [0.1, 0.15) is 23.4 Å². The van der Waals surface area contributed by atoms with Gasteiger partial charge in [-0.3, -0.25) is 9.17 Å². The third-order valence-corrected chi connectivity index (χ3v) is 7.58. The molecule has 10 nitrogen and oxygen atoms in total. The Bertz CT molecular complexity index is 1580. The standard InChI is InChI=1S/C29H30N4O6S/c1-21(38-28-5-3-4-16-37-28)29-30-14-15-33(29)19-26-17-27(39-32-26)24-11-8-22(9-12-24)6-7-23-10-13-25(31-18-23)20-40(34,35)36-2/h8-15,17-18,21,28H,3-5,16,19-20H2,1-2H3/t21-,28?/m0/s1. The molecule has 1 aliphatic rings. The molecule has 0 saturated carbocycles. The first-order valence-corrected chi connectivity index (χ1v) is 14.6. The number of pyridine rings is 1. The Hall–Kier alpha value is -3.82. The van der Waals surface area contributed by atoms with Crippen molar-refractivity contribution in [2.45, 2.75) is 50.9 Å². The third-order valence-electron chi connectivity index (χ3n) is 6.42. The maximum Gasteiger partial charge on any atom is 0.272 e. The Labute approximate surface area is 233 Å². The van der Waals surface area contributed by atoms with Gasteiger partial charge >= 0.3 is 0 Å². The largest absolute Gasteiger partial charge is 0.356 e. The smallest absolute Gasteiger partial charge is 0.272 e. The minimum atomic E-state index is -3.61. The molecule has 0 radical (unpaired) electrons. The predicted molar refractivity (Wildman–Crippen MR) is 146 cm³/mol. The molecule has 0 N–H and O–H groups in total. The number of ether oxygens (including phenoxy) is 2. The Morgan fingerprint density at radius 3 is 2.60 bits per heavy atom. The summed E-state index contributed by atoms with van der Waals surface area (Å²) in [5.74, 6) is 7.31. The van der Waals surface area contributed by atoms with Crippen LogP contribution in [0.25, 0.3) is 11.3 Å². The lowest BCUT2D eigenvalue weighted by Crippen LogP contribution is -2.24. The summed E-state index contributed by atoms with van der Waals surface area (Å²) in [7, 11) is -2.48. The molecule has 0 spiro atoms. The quantitative estimate of drug-likeness (QED) is 0.215. The van der Waals surface area contributed by atoms with E-state index in [1.807, 2.05) is 48.0 Å². The van der Waals surface area contributed by atoms with E-state index in [0.29, 0.717) is 23.6 Å². The molecular formula is C29H30N4O6S. The van der Waals surface area contributed by atoms with Crippen molar-refractivity contribution < 1.29 is 26.6 Å². The van der Waals surface area contributed by atoms with E-state index in [1.165, 1.54) is 0 Å². The van der Waals surface area contributed by atoms with Crippen molar-refractivity contribution in [1.82, 2.24) is 19.7 Å². The van der Waals surface area contributed by atoms with Crippen molar-refractivity contribution in [2.75, 3.05) is 13.7 Å². The molecule has 1 aliphatic heterocycles. The number of hydrogen-bond acceptors (Lipinski definition) is 9. The van der Waals surface area contributed by atoms with Gasteiger partial charge in [0.2, 0.25) is 0 Å². The van der Waals surface area contributed by atoms with Gasteiger partial charge in [-0.1, -0.05) is 17.0 Å². The van der Waals surface area contributed by atoms with Crippen LogP contribution in [0.3, 0.4) is 0 Å². The van der Waals surface area contributed by atoms with Crippen LogP contribution >= 0.6 is 0 Å². The zero-order chi connectivity index (χ0) is 28.0. The zero-order valence-corrected chi connectivity index (χ0v) is 23.1. The van der Waals surface area contributed by atoms with Crippen LogP contribution in [-0.2, 0) is 36.1 Å². The van der Waals surface area contributed by atoms with Crippen LogP contribution in [0.15, 0.2) is 65.6 Å². The van der Waals surface area contributed by atoms with Gasteiger partial charge in [-0.05, 0) is 62.6 Å². The maximum absolute atomic E-state index is 11.6. The first-order valence-electron chi connectivity index (χ1n) is 13.0. The van der Waals surface area contributed by atoms with E-state index in [4.69, 9.17) is 14.0 Å². The first-order chi connectivity index (χ1) is 19.4. The molecule has 1 aromatic carbocycles. The summed E-state index contributed by atoms with van der Waals surface area (Å²) in [6, 6.07) is 12.9. The van der Waals surface area contributed by atoms with Gasteiger partial charge in [0.25, 0.3) is 10.1 Å². The fraction of sp³-hybridized carbons (Fsp3) is 0.345. The lowest BCUT2D eigenvalue weighted by molar-refractivity contribution is -0.188. The summed E-state index contributed by atoms with van der Waals surface area (Å²) < 4.78 is 47.0.